The molecule has 1 atom stereocenters. The fourth-order valence-corrected chi connectivity index (χ4v) is 4.29. The predicted molar refractivity (Wildman–Crippen MR) is 106 cm³/mol. The summed E-state index contributed by atoms with van der Waals surface area (Å²) in [6.07, 6.45) is 1.03. The lowest BCUT2D eigenvalue weighted by molar-refractivity contribution is -0.122. The summed E-state index contributed by atoms with van der Waals surface area (Å²) < 4.78 is 25.6. The second-order valence-electron chi connectivity index (χ2n) is 6.01. The number of halogens is 2. The standard InChI is InChI=1S/C18H20Cl2N2O3S/c1-12-6-4-5-7-14(12)11-21-18(23)13(2)22(26(3,24)25)17-9-15(19)8-16(20)10-17/h4-10,13H,11H2,1-3H3,(H,21,23)/t13-/m0/s1. The van der Waals surface area contributed by atoms with Crippen molar-refractivity contribution in [1.82, 2.24) is 5.32 Å². The Kier molecular flexibility index (Phi) is 6.55. The maximum absolute atomic E-state index is 12.6. The molecular weight excluding hydrogens is 395 g/mol. The lowest BCUT2D eigenvalue weighted by Gasteiger charge is -2.28. The van der Waals surface area contributed by atoms with Gasteiger partial charge in [-0.25, -0.2) is 8.42 Å². The number of nitrogens with zero attached hydrogens (tertiary/aromatic N) is 1. The van der Waals surface area contributed by atoms with Crippen LogP contribution in [0.4, 0.5) is 5.69 Å². The molecule has 0 spiro atoms. The Labute approximate surface area is 164 Å². The van der Waals surface area contributed by atoms with E-state index < -0.39 is 22.0 Å². The van der Waals surface area contributed by atoms with Gasteiger partial charge >= 0.3 is 0 Å². The van der Waals surface area contributed by atoms with Gasteiger partial charge in [-0.2, -0.15) is 0 Å². The summed E-state index contributed by atoms with van der Waals surface area (Å²) in [5.41, 5.74) is 2.25. The largest absolute Gasteiger partial charge is 0.350 e. The van der Waals surface area contributed by atoms with E-state index >= 15 is 0 Å². The van der Waals surface area contributed by atoms with Crippen molar-refractivity contribution in [3.05, 3.63) is 63.6 Å². The van der Waals surface area contributed by atoms with Crippen LogP contribution < -0.4 is 9.62 Å². The van der Waals surface area contributed by atoms with Gasteiger partial charge in [0.25, 0.3) is 0 Å². The van der Waals surface area contributed by atoms with Gasteiger partial charge in [0, 0.05) is 16.6 Å². The number of aryl methyl sites for hydroxylation is 1. The molecule has 8 heteroatoms. The number of rotatable bonds is 6. The zero-order chi connectivity index (χ0) is 19.5. The Hall–Kier alpha value is -1.76. The Morgan fingerprint density at radius 3 is 2.27 bits per heavy atom. The average molecular weight is 415 g/mol. The topological polar surface area (TPSA) is 66.5 Å². The number of benzene rings is 2. The number of anilines is 1. The molecule has 140 valence electrons. The Morgan fingerprint density at radius 2 is 1.73 bits per heavy atom. The molecule has 0 radical (unpaired) electrons. The summed E-state index contributed by atoms with van der Waals surface area (Å²) in [7, 11) is -3.73. The fourth-order valence-electron chi connectivity index (χ4n) is 2.61. The van der Waals surface area contributed by atoms with Crippen molar-refractivity contribution in [3.8, 4) is 0 Å². The molecule has 0 aliphatic carbocycles. The van der Waals surface area contributed by atoms with Gasteiger partial charge in [0.05, 0.1) is 11.9 Å². The molecule has 0 fully saturated rings. The van der Waals surface area contributed by atoms with Crippen LogP contribution in [0.1, 0.15) is 18.1 Å². The summed E-state index contributed by atoms with van der Waals surface area (Å²) >= 11 is 12.0. The number of amides is 1. The van der Waals surface area contributed by atoms with E-state index in [2.05, 4.69) is 5.32 Å². The smallest absolute Gasteiger partial charge is 0.243 e. The first-order valence-electron chi connectivity index (χ1n) is 7.87. The van der Waals surface area contributed by atoms with Crippen molar-refractivity contribution in [2.75, 3.05) is 10.6 Å². The van der Waals surface area contributed by atoms with Gasteiger partial charge in [-0.15, -0.1) is 0 Å². The summed E-state index contributed by atoms with van der Waals surface area (Å²) in [5, 5.41) is 3.35. The molecule has 0 aromatic heterocycles. The Balaban J connectivity index is 2.25. The van der Waals surface area contributed by atoms with Crippen molar-refractivity contribution in [3.63, 3.8) is 0 Å². The Morgan fingerprint density at radius 1 is 1.15 bits per heavy atom. The average Bonchev–Trinajstić information content (AvgIpc) is 2.51. The molecule has 0 unspecified atom stereocenters. The molecule has 0 aliphatic rings. The first-order chi connectivity index (χ1) is 12.1. The van der Waals surface area contributed by atoms with Crippen molar-refractivity contribution in [2.45, 2.75) is 26.4 Å². The maximum Gasteiger partial charge on any atom is 0.243 e. The van der Waals surface area contributed by atoms with Crippen molar-refractivity contribution in [2.24, 2.45) is 0 Å². The first kappa shape index (κ1) is 20.6. The highest BCUT2D eigenvalue weighted by molar-refractivity contribution is 7.92. The van der Waals surface area contributed by atoms with Crippen LogP contribution >= 0.6 is 23.2 Å². The van der Waals surface area contributed by atoms with Crippen LogP contribution in [0.5, 0.6) is 0 Å². The van der Waals surface area contributed by atoms with Crippen molar-refractivity contribution >= 4 is 44.8 Å². The summed E-state index contributed by atoms with van der Waals surface area (Å²) in [6.45, 7) is 3.77. The van der Waals surface area contributed by atoms with Crippen LogP contribution in [-0.2, 0) is 21.4 Å². The van der Waals surface area contributed by atoms with E-state index in [9.17, 15) is 13.2 Å². The molecule has 26 heavy (non-hydrogen) atoms. The van der Waals surface area contributed by atoms with E-state index in [0.29, 0.717) is 6.54 Å². The number of sulfonamides is 1. The van der Waals surface area contributed by atoms with Crippen molar-refractivity contribution in [1.29, 1.82) is 0 Å². The van der Waals surface area contributed by atoms with E-state index in [-0.39, 0.29) is 15.7 Å². The highest BCUT2D eigenvalue weighted by Crippen LogP contribution is 2.28. The van der Waals surface area contributed by atoms with Crippen LogP contribution in [-0.4, -0.2) is 26.6 Å². The SMILES string of the molecule is Cc1ccccc1CNC(=O)[C@H](C)N(c1cc(Cl)cc(Cl)c1)S(C)(=O)=O. The molecule has 0 saturated heterocycles. The van der Waals surface area contributed by atoms with Gasteiger partial charge in [0.15, 0.2) is 0 Å². The molecule has 5 nitrogen and oxygen atoms in total. The van der Waals surface area contributed by atoms with Gasteiger partial charge in [-0.05, 0) is 43.2 Å². The molecule has 1 N–H and O–H groups in total. The van der Waals surface area contributed by atoms with Crippen LogP contribution in [0.2, 0.25) is 10.0 Å². The summed E-state index contributed by atoms with van der Waals surface area (Å²) in [4.78, 5) is 12.6. The number of nitrogens with one attached hydrogen (secondary N) is 1. The van der Waals surface area contributed by atoms with Gasteiger partial charge in [-0.1, -0.05) is 47.5 Å². The van der Waals surface area contributed by atoms with Crippen LogP contribution in [0.25, 0.3) is 0 Å². The molecule has 0 aliphatic heterocycles. The maximum atomic E-state index is 12.6. The van der Waals surface area contributed by atoms with Gasteiger partial charge in [0.2, 0.25) is 15.9 Å². The fraction of sp³-hybridized carbons (Fsp3) is 0.278. The zero-order valence-corrected chi connectivity index (χ0v) is 17.0. The van der Waals surface area contributed by atoms with E-state index in [4.69, 9.17) is 23.2 Å². The minimum Gasteiger partial charge on any atom is -0.350 e. The molecule has 0 saturated carbocycles. The molecule has 0 bridgehead atoms. The van der Waals surface area contributed by atoms with Crippen LogP contribution in [0.3, 0.4) is 0 Å². The minimum atomic E-state index is -3.73. The summed E-state index contributed by atoms with van der Waals surface area (Å²) in [6, 6.07) is 11.1. The first-order valence-corrected chi connectivity index (χ1v) is 10.5. The van der Waals surface area contributed by atoms with Gasteiger partial charge < -0.3 is 5.32 Å². The highest BCUT2D eigenvalue weighted by Gasteiger charge is 2.29. The molecule has 2 aromatic carbocycles. The van der Waals surface area contributed by atoms with Crippen LogP contribution in [0.15, 0.2) is 42.5 Å². The monoisotopic (exact) mass is 414 g/mol. The molecule has 2 rings (SSSR count). The molecule has 0 heterocycles. The van der Waals surface area contributed by atoms with E-state index in [1.807, 2.05) is 31.2 Å². The van der Waals surface area contributed by atoms with Gasteiger partial charge in [0.1, 0.15) is 6.04 Å². The van der Waals surface area contributed by atoms with E-state index in [0.717, 1.165) is 21.7 Å². The normalized spacial score (nSPS) is 12.5. The van der Waals surface area contributed by atoms with E-state index in [1.54, 1.807) is 0 Å². The second-order valence-corrected chi connectivity index (χ2v) is 8.74. The molecule has 1 amide bonds. The van der Waals surface area contributed by atoms with E-state index in [1.165, 1.54) is 25.1 Å². The third-order valence-electron chi connectivity index (χ3n) is 3.90. The van der Waals surface area contributed by atoms with Gasteiger partial charge in [-0.3, -0.25) is 9.10 Å². The molecule has 2 aromatic rings. The number of hydrogen-bond acceptors (Lipinski definition) is 3. The predicted octanol–water partition coefficient (Wildman–Crippen LogP) is 3.77. The third kappa shape index (κ3) is 5.13. The highest BCUT2D eigenvalue weighted by atomic mass is 35.5. The molecular formula is C18H20Cl2N2O3S. The third-order valence-corrected chi connectivity index (χ3v) is 5.58. The second kappa shape index (κ2) is 8.29. The lowest BCUT2D eigenvalue weighted by Crippen LogP contribution is -2.47. The lowest BCUT2D eigenvalue weighted by atomic mass is 10.1. The van der Waals surface area contributed by atoms with Crippen LogP contribution in [0, 0.1) is 6.92 Å². The number of carbonyl (C=O) groups is 1. The Bertz CT molecular complexity index is 896. The van der Waals surface area contributed by atoms with Crippen molar-refractivity contribution < 1.29 is 13.2 Å². The number of hydrogen-bond donors (Lipinski definition) is 1. The zero-order valence-electron chi connectivity index (χ0n) is 14.7. The number of carbonyl (C=O) groups excluding carboxylic acids is 1. The quantitative estimate of drug-likeness (QED) is 0.781. The summed E-state index contributed by atoms with van der Waals surface area (Å²) in [5.74, 6) is -0.422. The minimum absolute atomic E-state index is 0.239.